The van der Waals surface area contributed by atoms with Crippen molar-refractivity contribution in [2.45, 2.75) is 18.8 Å². The summed E-state index contributed by atoms with van der Waals surface area (Å²) >= 11 is 0. The second-order valence-electron chi connectivity index (χ2n) is 5.27. The predicted molar refractivity (Wildman–Crippen MR) is 79.2 cm³/mol. The first kappa shape index (κ1) is 12.9. The predicted octanol–water partition coefficient (Wildman–Crippen LogP) is 3.19. The first-order valence-electron chi connectivity index (χ1n) is 6.94. The molecule has 0 saturated carbocycles. The molecule has 2 N–H and O–H groups in total. The highest BCUT2D eigenvalue weighted by Gasteiger charge is 2.21. The zero-order chi connectivity index (χ0) is 13.9. The third-order valence-corrected chi connectivity index (χ3v) is 3.91. The first-order valence-corrected chi connectivity index (χ1v) is 6.94. The van der Waals surface area contributed by atoms with E-state index in [2.05, 4.69) is 9.88 Å². The topological polar surface area (TPSA) is 42.1 Å². The fraction of sp³-hybridized carbons (Fsp3) is 0.312. The SMILES string of the molecule is Nc1ccc(N2CCC(c3cccc(F)c3)CC2)nc1. The lowest BCUT2D eigenvalue weighted by molar-refractivity contribution is 0.499. The average Bonchev–Trinajstić information content (AvgIpc) is 2.48. The van der Waals surface area contributed by atoms with Crippen molar-refractivity contribution >= 4 is 11.5 Å². The fourth-order valence-corrected chi connectivity index (χ4v) is 2.79. The Balaban J connectivity index is 1.66. The number of piperidine rings is 1. The molecule has 0 unspecified atom stereocenters. The van der Waals surface area contributed by atoms with E-state index < -0.39 is 0 Å². The Morgan fingerprint density at radius 3 is 2.60 bits per heavy atom. The van der Waals surface area contributed by atoms with Crippen LogP contribution in [0.15, 0.2) is 42.6 Å². The van der Waals surface area contributed by atoms with Crippen molar-refractivity contribution in [2.75, 3.05) is 23.7 Å². The Kier molecular flexibility index (Phi) is 3.54. The van der Waals surface area contributed by atoms with E-state index in [1.54, 1.807) is 18.3 Å². The molecule has 20 heavy (non-hydrogen) atoms. The Labute approximate surface area is 118 Å². The summed E-state index contributed by atoms with van der Waals surface area (Å²) in [5.74, 6) is 1.26. The van der Waals surface area contributed by atoms with Gasteiger partial charge >= 0.3 is 0 Å². The van der Waals surface area contributed by atoms with E-state index in [9.17, 15) is 4.39 Å². The van der Waals surface area contributed by atoms with E-state index in [0.29, 0.717) is 11.6 Å². The average molecular weight is 271 g/mol. The van der Waals surface area contributed by atoms with Gasteiger partial charge in [0.1, 0.15) is 11.6 Å². The zero-order valence-electron chi connectivity index (χ0n) is 11.3. The lowest BCUT2D eigenvalue weighted by Gasteiger charge is -2.33. The summed E-state index contributed by atoms with van der Waals surface area (Å²) in [6.07, 6.45) is 3.74. The van der Waals surface area contributed by atoms with E-state index in [1.807, 2.05) is 18.2 Å². The molecule has 0 amide bonds. The normalized spacial score (nSPS) is 16.4. The van der Waals surface area contributed by atoms with Crippen LogP contribution in [0.25, 0.3) is 0 Å². The second-order valence-corrected chi connectivity index (χ2v) is 5.27. The largest absolute Gasteiger partial charge is 0.397 e. The Morgan fingerprint density at radius 1 is 1.15 bits per heavy atom. The molecule has 0 radical (unpaired) electrons. The van der Waals surface area contributed by atoms with Crippen LogP contribution in [0.2, 0.25) is 0 Å². The maximum atomic E-state index is 13.3. The molecule has 0 spiro atoms. The second kappa shape index (κ2) is 5.49. The third kappa shape index (κ3) is 2.74. The molecule has 1 aliphatic heterocycles. The molecule has 1 aliphatic rings. The number of hydrogen-bond donors (Lipinski definition) is 1. The van der Waals surface area contributed by atoms with Crippen LogP contribution in [0.1, 0.15) is 24.3 Å². The maximum Gasteiger partial charge on any atom is 0.128 e. The van der Waals surface area contributed by atoms with Gasteiger partial charge in [0.05, 0.1) is 11.9 Å². The van der Waals surface area contributed by atoms with Gasteiger partial charge in [-0.2, -0.15) is 0 Å². The van der Waals surface area contributed by atoms with E-state index in [1.165, 1.54) is 6.07 Å². The van der Waals surface area contributed by atoms with Gasteiger partial charge in [-0.1, -0.05) is 12.1 Å². The molecular formula is C16H18FN3. The van der Waals surface area contributed by atoms with E-state index in [-0.39, 0.29) is 5.82 Å². The molecule has 1 saturated heterocycles. The van der Waals surface area contributed by atoms with Crippen molar-refractivity contribution in [1.82, 2.24) is 4.98 Å². The minimum Gasteiger partial charge on any atom is -0.397 e. The quantitative estimate of drug-likeness (QED) is 0.912. The summed E-state index contributed by atoms with van der Waals surface area (Å²) in [7, 11) is 0. The highest BCUT2D eigenvalue weighted by molar-refractivity contribution is 5.46. The molecule has 4 heteroatoms. The van der Waals surface area contributed by atoms with Crippen molar-refractivity contribution in [3.05, 3.63) is 54.0 Å². The number of pyridine rings is 1. The molecule has 2 aromatic rings. The standard InChI is InChI=1S/C16H18FN3/c17-14-3-1-2-13(10-14)12-6-8-20(9-7-12)16-5-4-15(18)11-19-16/h1-5,10-12H,6-9,18H2. The third-order valence-electron chi connectivity index (χ3n) is 3.91. The summed E-state index contributed by atoms with van der Waals surface area (Å²) in [4.78, 5) is 6.61. The van der Waals surface area contributed by atoms with Crippen LogP contribution >= 0.6 is 0 Å². The summed E-state index contributed by atoms with van der Waals surface area (Å²) in [5.41, 5.74) is 7.44. The first-order chi connectivity index (χ1) is 9.72. The maximum absolute atomic E-state index is 13.3. The molecule has 1 fully saturated rings. The highest BCUT2D eigenvalue weighted by atomic mass is 19.1. The van der Waals surface area contributed by atoms with Gasteiger partial charge in [0.2, 0.25) is 0 Å². The van der Waals surface area contributed by atoms with Crippen LogP contribution in [-0.4, -0.2) is 18.1 Å². The molecule has 3 nitrogen and oxygen atoms in total. The summed E-state index contributed by atoms with van der Waals surface area (Å²) in [6, 6.07) is 10.8. The van der Waals surface area contributed by atoms with Gasteiger partial charge in [-0.05, 0) is 48.6 Å². The minimum absolute atomic E-state index is 0.148. The van der Waals surface area contributed by atoms with Gasteiger partial charge in [0.15, 0.2) is 0 Å². The molecule has 1 aromatic carbocycles. The number of nitrogen functional groups attached to an aromatic ring is 1. The van der Waals surface area contributed by atoms with Crippen LogP contribution in [0.5, 0.6) is 0 Å². The van der Waals surface area contributed by atoms with Gasteiger partial charge in [0.25, 0.3) is 0 Å². The number of anilines is 2. The molecule has 0 bridgehead atoms. The smallest absolute Gasteiger partial charge is 0.128 e. The van der Waals surface area contributed by atoms with Gasteiger partial charge in [0, 0.05) is 13.1 Å². The summed E-state index contributed by atoms with van der Waals surface area (Å²) < 4.78 is 13.3. The van der Waals surface area contributed by atoms with Crippen molar-refractivity contribution < 1.29 is 4.39 Å². The van der Waals surface area contributed by atoms with Crippen LogP contribution in [0, 0.1) is 5.82 Å². The van der Waals surface area contributed by atoms with Crippen molar-refractivity contribution in [2.24, 2.45) is 0 Å². The lowest BCUT2D eigenvalue weighted by Crippen LogP contribution is -2.33. The van der Waals surface area contributed by atoms with E-state index in [0.717, 1.165) is 37.3 Å². The Bertz CT molecular complexity index is 575. The number of aromatic nitrogens is 1. The van der Waals surface area contributed by atoms with Gasteiger partial charge in [-0.25, -0.2) is 9.37 Å². The molecule has 3 rings (SSSR count). The number of nitrogens with zero attached hydrogens (tertiary/aromatic N) is 2. The molecule has 104 valence electrons. The number of benzene rings is 1. The number of nitrogens with two attached hydrogens (primary N) is 1. The molecule has 0 aliphatic carbocycles. The molecule has 2 heterocycles. The number of rotatable bonds is 2. The van der Waals surface area contributed by atoms with Crippen LogP contribution < -0.4 is 10.6 Å². The van der Waals surface area contributed by atoms with Crippen LogP contribution in [0.3, 0.4) is 0 Å². The highest BCUT2D eigenvalue weighted by Crippen LogP contribution is 2.30. The van der Waals surface area contributed by atoms with E-state index in [4.69, 9.17) is 5.73 Å². The Morgan fingerprint density at radius 2 is 1.95 bits per heavy atom. The summed E-state index contributed by atoms with van der Waals surface area (Å²) in [6.45, 7) is 1.89. The van der Waals surface area contributed by atoms with Crippen LogP contribution in [-0.2, 0) is 0 Å². The molecular weight excluding hydrogens is 253 g/mol. The lowest BCUT2D eigenvalue weighted by atomic mass is 9.89. The van der Waals surface area contributed by atoms with Gasteiger partial charge in [-0.15, -0.1) is 0 Å². The zero-order valence-corrected chi connectivity index (χ0v) is 11.3. The van der Waals surface area contributed by atoms with Crippen LogP contribution in [0.4, 0.5) is 15.9 Å². The van der Waals surface area contributed by atoms with Crippen molar-refractivity contribution in [3.63, 3.8) is 0 Å². The van der Waals surface area contributed by atoms with Gasteiger partial charge in [-0.3, -0.25) is 0 Å². The van der Waals surface area contributed by atoms with Gasteiger partial charge < -0.3 is 10.6 Å². The fourth-order valence-electron chi connectivity index (χ4n) is 2.79. The summed E-state index contributed by atoms with van der Waals surface area (Å²) in [5, 5.41) is 0. The monoisotopic (exact) mass is 271 g/mol. The van der Waals surface area contributed by atoms with Crippen molar-refractivity contribution in [1.29, 1.82) is 0 Å². The number of hydrogen-bond acceptors (Lipinski definition) is 3. The Hall–Kier alpha value is -2.10. The molecule has 1 aromatic heterocycles. The van der Waals surface area contributed by atoms with E-state index >= 15 is 0 Å². The molecule has 0 atom stereocenters. The number of halogens is 1. The van der Waals surface area contributed by atoms with Crippen molar-refractivity contribution in [3.8, 4) is 0 Å². The minimum atomic E-state index is -0.148.